The number of nitrogens with zero attached hydrogens (tertiary/aromatic N) is 2. The molecule has 0 atom stereocenters. The Balaban J connectivity index is 1.37. The molecule has 0 aliphatic heterocycles. The normalized spacial score (nSPS) is 11.7. The molecule has 0 N–H and O–H groups in total. The van der Waals surface area contributed by atoms with Crippen LogP contribution in [0.5, 0.6) is 0 Å². The second-order valence-electron chi connectivity index (χ2n) is 13.4. The van der Waals surface area contributed by atoms with Crippen molar-refractivity contribution in [2.45, 2.75) is 6.92 Å². The fraction of sp³-hybridized carbons (Fsp3) is 0.0189. The highest BCUT2D eigenvalue weighted by Gasteiger charge is 2.23. The Morgan fingerprint density at radius 3 is 1.16 bits per heavy atom. The van der Waals surface area contributed by atoms with Gasteiger partial charge in [0, 0.05) is 11.3 Å². The zero-order chi connectivity index (χ0) is 37.4. The second kappa shape index (κ2) is 16.2. The lowest BCUT2D eigenvalue weighted by Gasteiger charge is -2.24. The topological polar surface area (TPSA) is 24.7 Å². The lowest BCUT2D eigenvalue weighted by molar-refractivity contribution is 1.44. The van der Waals surface area contributed by atoms with Gasteiger partial charge in [0.15, 0.2) is 5.84 Å². The summed E-state index contributed by atoms with van der Waals surface area (Å²) in [5.41, 5.74) is 16.1. The first-order chi connectivity index (χ1) is 27.1. The third-order valence-electron chi connectivity index (χ3n) is 9.87. The van der Waals surface area contributed by atoms with E-state index in [9.17, 15) is 0 Å². The summed E-state index contributed by atoms with van der Waals surface area (Å²) in [6, 6.07) is 74.4. The van der Waals surface area contributed by atoms with E-state index in [1.165, 1.54) is 27.8 Å². The molecule has 55 heavy (non-hydrogen) atoms. The van der Waals surface area contributed by atoms with Crippen molar-refractivity contribution in [3.05, 3.63) is 236 Å². The summed E-state index contributed by atoms with van der Waals surface area (Å²) in [6.07, 6.45) is 0. The summed E-state index contributed by atoms with van der Waals surface area (Å²) in [7, 11) is 0. The molecule has 0 fully saturated rings. The molecule has 0 aromatic heterocycles. The van der Waals surface area contributed by atoms with E-state index in [2.05, 4.69) is 170 Å². The van der Waals surface area contributed by atoms with Crippen molar-refractivity contribution in [1.29, 1.82) is 0 Å². The summed E-state index contributed by atoms with van der Waals surface area (Å²) in [6.45, 7) is 6.36. The summed E-state index contributed by atoms with van der Waals surface area (Å²) in [4.78, 5) is 10.1. The first-order valence-corrected chi connectivity index (χ1v) is 18.6. The smallest absolute Gasteiger partial charge is 0.160 e. The maximum absolute atomic E-state index is 5.11. The van der Waals surface area contributed by atoms with E-state index in [-0.39, 0.29) is 0 Å². The van der Waals surface area contributed by atoms with Crippen LogP contribution in [0.3, 0.4) is 0 Å². The van der Waals surface area contributed by atoms with Crippen molar-refractivity contribution < 1.29 is 0 Å². The molecule has 0 amide bonds. The van der Waals surface area contributed by atoms with Crippen LogP contribution in [0.2, 0.25) is 0 Å². The fourth-order valence-corrected chi connectivity index (χ4v) is 7.14. The molecule has 2 nitrogen and oxygen atoms in total. The number of amidine groups is 1. The molecule has 0 spiro atoms. The van der Waals surface area contributed by atoms with Gasteiger partial charge in [0.1, 0.15) is 0 Å². The number of benzene rings is 8. The van der Waals surface area contributed by atoms with Gasteiger partial charge in [0.05, 0.1) is 5.70 Å². The van der Waals surface area contributed by atoms with Crippen molar-refractivity contribution in [2.75, 3.05) is 0 Å². The molecule has 0 aliphatic carbocycles. The zero-order valence-electron chi connectivity index (χ0n) is 30.8. The van der Waals surface area contributed by atoms with Crippen LogP contribution >= 0.6 is 0 Å². The molecule has 8 aromatic carbocycles. The minimum atomic E-state index is 0.611. The largest absolute Gasteiger partial charge is 0.233 e. The fourth-order valence-electron chi connectivity index (χ4n) is 7.14. The summed E-state index contributed by atoms with van der Waals surface area (Å²) < 4.78 is 0. The second-order valence-corrected chi connectivity index (χ2v) is 13.4. The molecule has 8 rings (SSSR count). The van der Waals surface area contributed by atoms with Crippen molar-refractivity contribution in [2.24, 2.45) is 9.98 Å². The molecule has 0 saturated heterocycles. The van der Waals surface area contributed by atoms with Crippen LogP contribution in [0.25, 0.3) is 61.3 Å². The average molecular weight is 705 g/mol. The first kappa shape index (κ1) is 34.9. The van der Waals surface area contributed by atoms with E-state index in [1.807, 2.05) is 55.5 Å². The van der Waals surface area contributed by atoms with Crippen molar-refractivity contribution in [1.82, 2.24) is 0 Å². The van der Waals surface area contributed by atoms with E-state index in [1.54, 1.807) is 0 Å². The van der Waals surface area contributed by atoms with Crippen LogP contribution in [-0.4, -0.2) is 11.5 Å². The van der Waals surface area contributed by atoms with Gasteiger partial charge in [-0.15, -0.1) is 0 Å². The van der Waals surface area contributed by atoms with Crippen molar-refractivity contribution >= 4 is 17.2 Å². The molecule has 0 unspecified atom stereocenters. The minimum absolute atomic E-state index is 0.611. The van der Waals surface area contributed by atoms with Gasteiger partial charge in [0.2, 0.25) is 0 Å². The van der Waals surface area contributed by atoms with Crippen LogP contribution in [-0.2, 0) is 0 Å². The van der Waals surface area contributed by atoms with Crippen molar-refractivity contribution in [3.8, 4) is 55.6 Å². The maximum atomic E-state index is 5.11. The molecule has 0 bridgehead atoms. The monoisotopic (exact) mass is 704 g/mol. The van der Waals surface area contributed by atoms with Gasteiger partial charge in [-0.2, -0.15) is 0 Å². The molecule has 0 saturated carbocycles. The van der Waals surface area contributed by atoms with Crippen LogP contribution in [0.15, 0.2) is 229 Å². The van der Waals surface area contributed by atoms with Crippen LogP contribution in [0.4, 0.5) is 0 Å². The van der Waals surface area contributed by atoms with Crippen LogP contribution in [0.1, 0.15) is 23.6 Å². The van der Waals surface area contributed by atoms with E-state index in [0.717, 1.165) is 50.2 Å². The Morgan fingerprint density at radius 1 is 0.345 bits per heavy atom. The highest BCUT2D eigenvalue weighted by Crippen LogP contribution is 2.50. The van der Waals surface area contributed by atoms with Crippen LogP contribution < -0.4 is 0 Å². The highest BCUT2D eigenvalue weighted by molar-refractivity contribution is 6.13. The Bertz CT molecular complexity index is 2590. The van der Waals surface area contributed by atoms with Gasteiger partial charge < -0.3 is 0 Å². The van der Waals surface area contributed by atoms with Gasteiger partial charge in [-0.3, -0.25) is 0 Å². The third-order valence-corrected chi connectivity index (χ3v) is 9.87. The summed E-state index contributed by atoms with van der Waals surface area (Å²) >= 11 is 0. The molecule has 0 aliphatic rings. The quantitative estimate of drug-likeness (QED) is 0.106. The number of hydrogen-bond donors (Lipinski definition) is 0. The van der Waals surface area contributed by atoms with Gasteiger partial charge in [-0.05, 0) is 79.8 Å². The van der Waals surface area contributed by atoms with Gasteiger partial charge in [-0.1, -0.05) is 213 Å². The van der Waals surface area contributed by atoms with E-state index in [4.69, 9.17) is 9.98 Å². The Labute approximate surface area is 324 Å². The molecular weight excluding hydrogens is 665 g/mol. The molecule has 262 valence electrons. The van der Waals surface area contributed by atoms with Crippen molar-refractivity contribution in [3.63, 3.8) is 0 Å². The molecule has 2 heteroatoms. The highest BCUT2D eigenvalue weighted by atomic mass is 14.9. The van der Waals surface area contributed by atoms with Gasteiger partial charge in [0.25, 0.3) is 0 Å². The number of aliphatic imine (C=N–C) groups is 2. The third kappa shape index (κ3) is 7.67. The predicted molar refractivity (Wildman–Crippen MR) is 234 cm³/mol. The average Bonchev–Trinajstić information content (AvgIpc) is 3.27. The lowest BCUT2D eigenvalue weighted by Crippen LogP contribution is -2.04. The summed E-state index contributed by atoms with van der Waals surface area (Å²) in [5.74, 6) is 0.611. The predicted octanol–water partition coefficient (Wildman–Crippen LogP) is 13.9. The standard InChI is InChI=1S/C53H40N2/c1-38(40-21-9-3-10-22-40)54-53(55-39(2)41-23-11-4-12-24-41)47-35-33-43(34-36-47)49-37-48(42-25-13-5-14-26-42)50(44-27-15-6-16-28-44)52(46-31-19-8-20-32-46)51(49)45-29-17-7-18-30-45/h3-37H,1H2,2H3/b54-53-,55-39+. The number of rotatable bonds is 9. The SMILES string of the molecule is C=C(/N=C(\N=C(/C)c1ccccc1)c1ccc(-c2cc(-c3ccccc3)c(-c3ccccc3)c(-c3ccccc3)c2-c2ccccc2)cc1)c1ccccc1. The number of hydrogen-bond acceptors (Lipinski definition) is 1. The minimum Gasteiger partial charge on any atom is -0.233 e. The lowest BCUT2D eigenvalue weighted by atomic mass is 9.79. The molecule has 0 heterocycles. The molecule has 8 aromatic rings. The van der Waals surface area contributed by atoms with E-state index >= 15 is 0 Å². The van der Waals surface area contributed by atoms with E-state index < -0.39 is 0 Å². The Kier molecular flexibility index (Phi) is 10.3. The van der Waals surface area contributed by atoms with Gasteiger partial charge >= 0.3 is 0 Å². The Hall–Kier alpha value is -7.16. The first-order valence-electron chi connectivity index (χ1n) is 18.6. The molecule has 0 radical (unpaired) electrons. The van der Waals surface area contributed by atoms with Crippen LogP contribution in [0, 0.1) is 0 Å². The van der Waals surface area contributed by atoms with E-state index in [0.29, 0.717) is 11.5 Å². The summed E-state index contributed by atoms with van der Waals surface area (Å²) in [5, 5.41) is 0. The molecular formula is C53H40N2. The van der Waals surface area contributed by atoms with Gasteiger partial charge in [-0.25, -0.2) is 9.98 Å². The zero-order valence-corrected chi connectivity index (χ0v) is 30.8. The maximum Gasteiger partial charge on any atom is 0.160 e. The Morgan fingerprint density at radius 2 is 0.709 bits per heavy atom.